The van der Waals surface area contributed by atoms with Crippen LogP contribution in [0.4, 0.5) is 5.69 Å². The summed E-state index contributed by atoms with van der Waals surface area (Å²) >= 11 is 1.13. The number of anilines is 1. The van der Waals surface area contributed by atoms with E-state index in [-0.39, 0.29) is 35.0 Å². The number of aromatic nitrogens is 1. The SMILES string of the molecule is CCOC(=O)Cn1c(=NC(=O)c2ccc(S(=O)(=O)N3CCc4ccccc43)cc2)sc2cc(C(=O)OCC)ccc21. The van der Waals surface area contributed by atoms with Crippen molar-refractivity contribution in [3.8, 4) is 0 Å². The second-order valence-electron chi connectivity index (χ2n) is 9.08. The van der Waals surface area contributed by atoms with Gasteiger partial charge in [0.25, 0.3) is 15.9 Å². The van der Waals surface area contributed by atoms with E-state index in [4.69, 9.17) is 9.47 Å². The number of thiazole rings is 1. The molecule has 1 aromatic heterocycles. The smallest absolute Gasteiger partial charge is 0.338 e. The highest BCUT2D eigenvalue weighted by atomic mass is 32.2. The van der Waals surface area contributed by atoms with Crippen LogP contribution in [0, 0.1) is 0 Å². The molecule has 0 aliphatic carbocycles. The monoisotopic (exact) mass is 593 g/mol. The summed E-state index contributed by atoms with van der Waals surface area (Å²) in [6.45, 7) is 3.99. The molecule has 41 heavy (non-hydrogen) atoms. The van der Waals surface area contributed by atoms with Gasteiger partial charge in [0.15, 0.2) is 4.80 Å². The van der Waals surface area contributed by atoms with Crippen molar-refractivity contribution >= 4 is 55.1 Å². The van der Waals surface area contributed by atoms with Gasteiger partial charge >= 0.3 is 11.9 Å². The lowest BCUT2D eigenvalue weighted by Gasteiger charge is -2.19. The molecule has 212 valence electrons. The van der Waals surface area contributed by atoms with Gasteiger partial charge in [-0.2, -0.15) is 4.99 Å². The lowest BCUT2D eigenvalue weighted by atomic mass is 10.2. The van der Waals surface area contributed by atoms with Crippen molar-refractivity contribution in [2.75, 3.05) is 24.1 Å². The third kappa shape index (κ3) is 5.66. The van der Waals surface area contributed by atoms with Crippen LogP contribution < -0.4 is 9.11 Å². The summed E-state index contributed by atoms with van der Waals surface area (Å²) < 4.78 is 40.4. The minimum Gasteiger partial charge on any atom is -0.465 e. The number of nitrogens with zero attached hydrogens (tertiary/aromatic N) is 3. The van der Waals surface area contributed by atoms with E-state index < -0.39 is 27.9 Å². The molecule has 1 aliphatic heterocycles. The van der Waals surface area contributed by atoms with E-state index in [1.165, 1.54) is 28.6 Å². The first-order valence-electron chi connectivity index (χ1n) is 13.0. The standard InChI is InChI=1S/C29H27N3O7S2/c1-3-38-26(33)18-31-24-14-11-21(28(35)39-4-2)17-25(24)40-29(31)30-27(34)20-9-12-22(13-10-20)41(36,37)32-16-15-19-7-5-6-8-23(19)32/h5-14,17H,3-4,15-16,18H2,1-2H3. The van der Waals surface area contributed by atoms with Crippen LogP contribution in [0.5, 0.6) is 0 Å². The molecule has 12 heteroatoms. The minimum absolute atomic E-state index is 0.0662. The van der Waals surface area contributed by atoms with Gasteiger partial charge in [-0.3, -0.25) is 13.9 Å². The summed E-state index contributed by atoms with van der Waals surface area (Å²) in [6.07, 6.45) is 0.632. The molecule has 0 N–H and O–H groups in total. The highest BCUT2D eigenvalue weighted by Crippen LogP contribution is 2.32. The fraction of sp³-hybridized carbons (Fsp3) is 0.241. The number of rotatable bonds is 8. The molecule has 4 aromatic rings. The van der Waals surface area contributed by atoms with Crippen molar-refractivity contribution in [2.24, 2.45) is 4.99 Å². The molecule has 10 nitrogen and oxygen atoms in total. The molecule has 0 atom stereocenters. The zero-order chi connectivity index (χ0) is 29.1. The van der Waals surface area contributed by atoms with Crippen molar-refractivity contribution < 1.29 is 32.3 Å². The number of hydrogen-bond donors (Lipinski definition) is 0. The second kappa shape index (κ2) is 11.7. The lowest BCUT2D eigenvalue weighted by molar-refractivity contribution is -0.143. The van der Waals surface area contributed by atoms with Crippen molar-refractivity contribution in [1.82, 2.24) is 4.57 Å². The number of sulfonamides is 1. The number of fused-ring (bicyclic) bond motifs is 2. The van der Waals surface area contributed by atoms with E-state index in [9.17, 15) is 22.8 Å². The van der Waals surface area contributed by atoms with E-state index in [0.717, 1.165) is 16.9 Å². The van der Waals surface area contributed by atoms with Gasteiger partial charge in [-0.1, -0.05) is 29.5 Å². The fourth-order valence-corrected chi connectivity index (χ4v) is 7.16. The zero-order valence-electron chi connectivity index (χ0n) is 22.4. The Kier molecular flexibility index (Phi) is 8.04. The van der Waals surface area contributed by atoms with Gasteiger partial charge in [-0.15, -0.1) is 0 Å². The third-order valence-electron chi connectivity index (χ3n) is 6.52. The normalized spacial score (nSPS) is 13.3. The van der Waals surface area contributed by atoms with Crippen LogP contribution >= 0.6 is 11.3 Å². The van der Waals surface area contributed by atoms with Crippen molar-refractivity contribution in [1.29, 1.82) is 0 Å². The number of para-hydroxylation sites is 1. The van der Waals surface area contributed by atoms with Crippen LogP contribution in [0.15, 0.2) is 76.6 Å². The molecule has 2 heterocycles. The van der Waals surface area contributed by atoms with Crippen molar-refractivity contribution in [3.05, 3.63) is 88.2 Å². The van der Waals surface area contributed by atoms with Gasteiger partial charge in [0.05, 0.1) is 39.6 Å². The molecule has 0 saturated carbocycles. The van der Waals surface area contributed by atoms with Crippen LogP contribution in [0.2, 0.25) is 0 Å². The molecule has 5 rings (SSSR count). The molecule has 0 radical (unpaired) electrons. The minimum atomic E-state index is -3.81. The van der Waals surface area contributed by atoms with Gasteiger partial charge in [-0.25, -0.2) is 13.2 Å². The maximum Gasteiger partial charge on any atom is 0.338 e. The number of benzene rings is 3. The topological polar surface area (TPSA) is 124 Å². The van der Waals surface area contributed by atoms with E-state index in [0.29, 0.717) is 34.4 Å². The average molecular weight is 594 g/mol. The first-order valence-corrected chi connectivity index (χ1v) is 15.2. The maximum absolute atomic E-state index is 13.3. The molecule has 0 fully saturated rings. The summed E-state index contributed by atoms with van der Waals surface area (Å²) in [6, 6.07) is 17.9. The molecular formula is C29H27N3O7S2. The molecular weight excluding hydrogens is 566 g/mol. The summed E-state index contributed by atoms with van der Waals surface area (Å²) in [4.78, 5) is 42.3. The van der Waals surface area contributed by atoms with Gasteiger partial charge in [0, 0.05) is 12.1 Å². The quantitative estimate of drug-likeness (QED) is 0.284. The third-order valence-corrected chi connectivity index (χ3v) is 9.39. The number of amides is 1. The van der Waals surface area contributed by atoms with Crippen LogP contribution in [0.25, 0.3) is 10.2 Å². The van der Waals surface area contributed by atoms with Gasteiger partial charge in [0.1, 0.15) is 6.54 Å². The predicted molar refractivity (Wildman–Crippen MR) is 153 cm³/mol. The van der Waals surface area contributed by atoms with E-state index in [1.54, 1.807) is 48.7 Å². The Morgan fingerprint density at radius 2 is 1.63 bits per heavy atom. The van der Waals surface area contributed by atoms with Gasteiger partial charge in [0.2, 0.25) is 0 Å². The van der Waals surface area contributed by atoms with E-state index >= 15 is 0 Å². The highest BCUT2D eigenvalue weighted by Gasteiger charge is 2.30. The Balaban J connectivity index is 1.47. The largest absolute Gasteiger partial charge is 0.465 e. The number of carbonyl (C=O) groups is 3. The second-order valence-corrected chi connectivity index (χ2v) is 11.9. The van der Waals surface area contributed by atoms with E-state index in [1.807, 2.05) is 12.1 Å². The maximum atomic E-state index is 13.3. The highest BCUT2D eigenvalue weighted by molar-refractivity contribution is 7.92. The average Bonchev–Trinajstić information content (AvgIpc) is 3.55. The molecule has 1 aliphatic rings. The predicted octanol–water partition coefficient (Wildman–Crippen LogP) is 3.94. The van der Waals surface area contributed by atoms with Gasteiger partial charge in [-0.05, 0) is 74.4 Å². The summed E-state index contributed by atoms with van der Waals surface area (Å²) in [5.41, 5.74) is 2.73. The Morgan fingerprint density at radius 3 is 2.37 bits per heavy atom. The molecule has 0 saturated heterocycles. The summed E-state index contributed by atoms with van der Waals surface area (Å²) in [7, 11) is -3.81. The zero-order valence-corrected chi connectivity index (χ0v) is 24.0. The van der Waals surface area contributed by atoms with Crippen LogP contribution in [-0.4, -0.2) is 50.6 Å². The number of carbonyl (C=O) groups excluding carboxylic acids is 3. The molecule has 0 spiro atoms. The van der Waals surface area contributed by atoms with Crippen LogP contribution in [-0.2, 0) is 37.3 Å². The Labute approximate surface area is 240 Å². The lowest BCUT2D eigenvalue weighted by Crippen LogP contribution is -2.29. The summed E-state index contributed by atoms with van der Waals surface area (Å²) in [5.74, 6) is -1.61. The van der Waals surface area contributed by atoms with Crippen molar-refractivity contribution in [3.63, 3.8) is 0 Å². The van der Waals surface area contributed by atoms with Crippen molar-refractivity contribution in [2.45, 2.75) is 31.7 Å². The van der Waals surface area contributed by atoms with Gasteiger partial charge < -0.3 is 14.0 Å². The molecule has 1 amide bonds. The van der Waals surface area contributed by atoms with Crippen LogP contribution in [0.3, 0.4) is 0 Å². The first kappa shape index (κ1) is 28.2. The molecule has 3 aromatic carbocycles. The Bertz CT molecular complexity index is 1820. The fourth-order valence-electron chi connectivity index (χ4n) is 4.59. The van der Waals surface area contributed by atoms with E-state index in [2.05, 4.69) is 4.99 Å². The Hall–Kier alpha value is -4.29. The first-order chi connectivity index (χ1) is 19.7. The molecule has 0 bridgehead atoms. The number of hydrogen-bond acceptors (Lipinski definition) is 8. The molecule has 0 unspecified atom stereocenters. The Morgan fingerprint density at radius 1 is 0.927 bits per heavy atom. The number of ether oxygens (including phenoxy) is 2. The number of esters is 2. The van der Waals surface area contributed by atoms with Crippen LogP contribution in [0.1, 0.15) is 40.1 Å². The summed E-state index contributed by atoms with van der Waals surface area (Å²) in [5, 5.41) is 0.